The van der Waals surface area contributed by atoms with Gasteiger partial charge in [-0.15, -0.1) is 0 Å². The van der Waals surface area contributed by atoms with Gasteiger partial charge >= 0.3 is 0 Å². The van der Waals surface area contributed by atoms with Gasteiger partial charge in [-0.25, -0.2) is 0 Å². The number of rotatable bonds is 6. The van der Waals surface area contributed by atoms with E-state index >= 15 is 0 Å². The van der Waals surface area contributed by atoms with Gasteiger partial charge in [0.1, 0.15) is 0 Å². The van der Waals surface area contributed by atoms with Crippen LogP contribution < -0.4 is 0 Å². The van der Waals surface area contributed by atoms with Crippen molar-refractivity contribution in [3.05, 3.63) is 36.5 Å². The molecule has 0 atom stereocenters. The monoisotopic (exact) mass is 246 g/mol. The summed E-state index contributed by atoms with van der Waals surface area (Å²) >= 11 is 0. The maximum absolute atomic E-state index is 2.36. The first kappa shape index (κ1) is 15.3. The molecule has 0 heterocycles. The molecule has 0 N–H and O–H groups in total. The van der Waals surface area contributed by atoms with Crippen molar-refractivity contribution in [3.8, 4) is 0 Å². The summed E-state index contributed by atoms with van der Waals surface area (Å²) in [6, 6.07) is 0. The highest BCUT2D eigenvalue weighted by atomic mass is 14.3. The van der Waals surface area contributed by atoms with Gasteiger partial charge < -0.3 is 0 Å². The molecule has 0 aliphatic heterocycles. The summed E-state index contributed by atoms with van der Waals surface area (Å²) in [4.78, 5) is 0. The Labute approximate surface area is 114 Å². The smallest absolute Gasteiger partial charge is 0.0322 e. The molecular weight excluding hydrogens is 216 g/mol. The van der Waals surface area contributed by atoms with Crippen molar-refractivity contribution in [2.24, 2.45) is 17.8 Å². The summed E-state index contributed by atoms with van der Waals surface area (Å²) in [5, 5.41) is 0. The molecule has 0 saturated heterocycles. The topological polar surface area (TPSA) is 0 Å². The van der Waals surface area contributed by atoms with E-state index in [-0.39, 0.29) is 0 Å². The molecule has 1 aliphatic carbocycles. The van der Waals surface area contributed by atoms with Gasteiger partial charge in [0.05, 0.1) is 0 Å². The third kappa shape index (κ3) is 5.71. The minimum atomic E-state index is 0.917. The fourth-order valence-electron chi connectivity index (χ4n) is 3.27. The Kier molecular flexibility index (Phi) is 7.80. The van der Waals surface area contributed by atoms with E-state index in [0.717, 1.165) is 17.8 Å². The van der Waals surface area contributed by atoms with Gasteiger partial charge in [-0.1, -0.05) is 36.5 Å². The lowest BCUT2D eigenvalue weighted by atomic mass is 9.72. The van der Waals surface area contributed by atoms with Crippen LogP contribution in [0.3, 0.4) is 0 Å². The van der Waals surface area contributed by atoms with Crippen LogP contribution in [0.15, 0.2) is 36.5 Å². The molecule has 0 aromatic heterocycles. The maximum atomic E-state index is 2.36. The molecule has 1 fully saturated rings. The summed E-state index contributed by atoms with van der Waals surface area (Å²) < 4.78 is 0. The highest BCUT2D eigenvalue weighted by molar-refractivity contribution is 4.91. The second-order valence-corrected chi connectivity index (χ2v) is 5.72. The first-order valence-corrected chi connectivity index (χ1v) is 7.63. The van der Waals surface area contributed by atoms with Crippen LogP contribution in [-0.2, 0) is 0 Å². The minimum absolute atomic E-state index is 0.917. The third-order valence-electron chi connectivity index (χ3n) is 4.12. The zero-order chi connectivity index (χ0) is 13.2. The van der Waals surface area contributed by atoms with Gasteiger partial charge in [0.15, 0.2) is 0 Å². The van der Waals surface area contributed by atoms with Crippen LogP contribution in [0.5, 0.6) is 0 Å². The van der Waals surface area contributed by atoms with Crippen LogP contribution in [0.25, 0.3) is 0 Å². The second kappa shape index (κ2) is 9.19. The molecule has 18 heavy (non-hydrogen) atoms. The van der Waals surface area contributed by atoms with E-state index in [4.69, 9.17) is 0 Å². The van der Waals surface area contributed by atoms with Crippen molar-refractivity contribution < 1.29 is 0 Å². The Morgan fingerprint density at radius 3 is 1.11 bits per heavy atom. The molecule has 102 valence electrons. The van der Waals surface area contributed by atoms with E-state index in [1.807, 2.05) is 0 Å². The minimum Gasteiger partial charge on any atom is -0.0917 e. The second-order valence-electron chi connectivity index (χ2n) is 5.72. The normalized spacial score (nSPS) is 29.8. The van der Waals surface area contributed by atoms with Crippen molar-refractivity contribution in [1.82, 2.24) is 0 Å². The molecule has 0 amide bonds. The molecule has 0 aromatic carbocycles. The Hall–Kier alpha value is -0.780. The highest BCUT2D eigenvalue weighted by Gasteiger charge is 2.26. The zero-order valence-electron chi connectivity index (χ0n) is 12.4. The number of hydrogen-bond acceptors (Lipinski definition) is 0. The number of allylic oxidation sites excluding steroid dienone is 6. The van der Waals surface area contributed by atoms with E-state index in [1.54, 1.807) is 0 Å². The fourth-order valence-corrected chi connectivity index (χ4v) is 3.27. The molecule has 1 aliphatic rings. The Morgan fingerprint density at radius 1 is 0.611 bits per heavy atom. The van der Waals surface area contributed by atoms with Crippen molar-refractivity contribution in [1.29, 1.82) is 0 Å². The number of hydrogen-bond donors (Lipinski definition) is 0. The molecule has 0 unspecified atom stereocenters. The first-order chi connectivity index (χ1) is 8.80. The van der Waals surface area contributed by atoms with Crippen LogP contribution in [-0.4, -0.2) is 0 Å². The third-order valence-corrected chi connectivity index (χ3v) is 4.12. The van der Waals surface area contributed by atoms with E-state index in [1.165, 1.54) is 38.5 Å². The Bertz CT molecular complexity index is 229. The fraction of sp³-hybridized carbons (Fsp3) is 0.667. The van der Waals surface area contributed by atoms with Gasteiger partial charge in [-0.3, -0.25) is 0 Å². The van der Waals surface area contributed by atoms with Crippen molar-refractivity contribution in [3.63, 3.8) is 0 Å². The molecule has 0 bridgehead atoms. The Morgan fingerprint density at radius 2 is 0.889 bits per heavy atom. The molecule has 1 saturated carbocycles. The summed E-state index contributed by atoms with van der Waals surface area (Å²) in [7, 11) is 0. The van der Waals surface area contributed by atoms with Crippen molar-refractivity contribution in [2.45, 2.75) is 59.3 Å². The first-order valence-electron chi connectivity index (χ1n) is 7.63. The summed E-state index contributed by atoms with van der Waals surface area (Å²) in [6.07, 6.45) is 21.8. The molecule has 1 rings (SSSR count). The molecular formula is C18H30. The van der Waals surface area contributed by atoms with E-state index in [0.29, 0.717) is 0 Å². The molecule has 0 spiro atoms. The van der Waals surface area contributed by atoms with E-state index in [9.17, 15) is 0 Å². The summed E-state index contributed by atoms with van der Waals surface area (Å²) in [5.74, 6) is 2.75. The molecule has 0 heteroatoms. The molecule has 0 aromatic rings. The van der Waals surface area contributed by atoms with Crippen LogP contribution in [0.1, 0.15) is 59.3 Å². The zero-order valence-corrected chi connectivity index (χ0v) is 12.4. The molecule has 0 radical (unpaired) electrons. The highest BCUT2D eigenvalue weighted by Crippen LogP contribution is 2.38. The average molecular weight is 246 g/mol. The maximum Gasteiger partial charge on any atom is -0.0322 e. The predicted octanol–water partition coefficient (Wildman–Crippen LogP) is 5.92. The van der Waals surface area contributed by atoms with Gasteiger partial charge in [0.2, 0.25) is 0 Å². The molecule has 0 nitrogen and oxygen atoms in total. The standard InChI is InChI=1S/C18H30/c1-4-7-10-16-13-17(11-8-5-2)15-18(14-16)12-9-6-3/h4-9,16-18H,10-15H2,1-3H3/b7-4-,8-5-,9-6-. The van der Waals surface area contributed by atoms with Crippen LogP contribution in [0, 0.1) is 17.8 Å². The van der Waals surface area contributed by atoms with Gasteiger partial charge in [-0.2, -0.15) is 0 Å². The van der Waals surface area contributed by atoms with Crippen molar-refractivity contribution >= 4 is 0 Å². The van der Waals surface area contributed by atoms with Crippen LogP contribution >= 0.6 is 0 Å². The lowest BCUT2D eigenvalue weighted by Gasteiger charge is -2.34. The van der Waals surface area contributed by atoms with Crippen LogP contribution in [0.2, 0.25) is 0 Å². The van der Waals surface area contributed by atoms with E-state index in [2.05, 4.69) is 57.2 Å². The van der Waals surface area contributed by atoms with Gasteiger partial charge in [0, 0.05) is 0 Å². The largest absolute Gasteiger partial charge is 0.0917 e. The SMILES string of the molecule is C/C=C\CC1CC(C/C=C\C)CC(C/C=C\C)C1. The van der Waals surface area contributed by atoms with E-state index < -0.39 is 0 Å². The average Bonchev–Trinajstić information content (AvgIpc) is 2.40. The predicted molar refractivity (Wildman–Crippen MR) is 82.6 cm³/mol. The Balaban J connectivity index is 2.53. The van der Waals surface area contributed by atoms with Gasteiger partial charge in [0.25, 0.3) is 0 Å². The quantitative estimate of drug-likeness (QED) is 0.510. The summed E-state index contributed by atoms with van der Waals surface area (Å²) in [6.45, 7) is 6.41. The summed E-state index contributed by atoms with van der Waals surface area (Å²) in [5.41, 5.74) is 0. The lowest BCUT2D eigenvalue weighted by Crippen LogP contribution is -2.22. The lowest BCUT2D eigenvalue weighted by molar-refractivity contribution is 0.198. The van der Waals surface area contributed by atoms with Gasteiger partial charge in [-0.05, 0) is 77.0 Å². The van der Waals surface area contributed by atoms with Crippen molar-refractivity contribution in [2.75, 3.05) is 0 Å². The van der Waals surface area contributed by atoms with Crippen LogP contribution in [0.4, 0.5) is 0 Å².